The number of carbonyl (C=O) groups is 1. The van der Waals surface area contributed by atoms with Crippen molar-refractivity contribution in [2.75, 3.05) is 11.9 Å². The molecule has 138 valence electrons. The number of rotatable bonds is 3. The molecule has 2 N–H and O–H groups in total. The lowest BCUT2D eigenvalue weighted by Crippen LogP contribution is -2.39. The number of hydrogen-bond donors (Lipinski definition) is 2. The lowest BCUT2D eigenvalue weighted by Gasteiger charge is -2.32. The van der Waals surface area contributed by atoms with E-state index in [0.717, 1.165) is 36.2 Å². The molecule has 1 aromatic heterocycles. The molecule has 2 fully saturated rings. The molecule has 2 aromatic rings. The van der Waals surface area contributed by atoms with E-state index in [1.54, 1.807) is 4.68 Å². The third kappa shape index (κ3) is 3.55. The summed E-state index contributed by atoms with van der Waals surface area (Å²) in [6.45, 7) is 2.55. The monoisotopic (exact) mass is 356 g/mol. The molecule has 0 radical (unpaired) electrons. The molecule has 2 aliphatic rings. The van der Waals surface area contributed by atoms with E-state index in [1.807, 2.05) is 25.1 Å². The normalized spacial score (nSPS) is 21.7. The van der Waals surface area contributed by atoms with E-state index in [2.05, 4.69) is 26.2 Å². The lowest BCUT2D eigenvalue weighted by atomic mass is 9.82. The van der Waals surface area contributed by atoms with Gasteiger partial charge in [0.15, 0.2) is 0 Å². The van der Waals surface area contributed by atoms with E-state index in [4.69, 9.17) is 4.74 Å². The number of nitrogens with zero attached hydrogens (tertiary/aromatic N) is 4. The van der Waals surface area contributed by atoms with Gasteiger partial charge in [-0.1, -0.05) is 25.3 Å². The van der Waals surface area contributed by atoms with Gasteiger partial charge in [-0.3, -0.25) is 0 Å². The molecule has 8 heteroatoms. The number of nitrogens with one attached hydrogen (secondary N) is 2. The summed E-state index contributed by atoms with van der Waals surface area (Å²) in [7, 11) is 0. The third-order valence-corrected chi connectivity index (χ3v) is 5.39. The molecular weight excluding hydrogens is 332 g/mol. The Morgan fingerprint density at radius 2 is 2.15 bits per heavy atom. The van der Waals surface area contributed by atoms with Crippen LogP contribution in [0, 0.1) is 6.92 Å². The molecule has 2 amide bonds. The summed E-state index contributed by atoms with van der Waals surface area (Å²) in [5.41, 5.74) is 2.50. The molecule has 1 saturated heterocycles. The Kier molecular flexibility index (Phi) is 4.58. The second-order valence-corrected chi connectivity index (χ2v) is 7.31. The van der Waals surface area contributed by atoms with Gasteiger partial charge in [-0.25, -0.2) is 9.48 Å². The van der Waals surface area contributed by atoms with Crippen molar-refractivity contribution < 1.29 is 9.53 Å². The number of aromatic nitrogens is 4. The number of urea groups is 1. The van der Waals surface area contributed by atoms with Gasteiger partial charge < -0.3 is 15.4 Å². The zero-order valence-electron chi connectivity index (χ0n) is 14.9. The highest BCUT2D eigenvalue weighted by Crippen LogP contribution is 2.39. The van der Waals surface area contributed by atoms with Gasteiger partial charge in [0.1, 0.15) is 6.33 Å². The fourth-order valence-electron chi connectivity index (χ4n) is 3.99. The van der Waals surface area contributed by atoms with Crippen LogP contribution in [0.3, 0.4) is 0 Å². The Morgan fingerprint density at radius 3 is 2.92 bits per heavy atom. The second-order valence-electron chi connectivity index (χ2n) is 7.31. The van der Waals surface area contributed by atoms with Crippen LogP contribution in [0.5, 0.6) is 0 Å². The Balaban J connectivity index is 1.38. The van der Waals surface area contributed by atoms with E-state index >= 15 is 0 Å². The largest absolute Gasteiger partial charge is 0.373 e. The highest BCUT2D eigenvalue weighted by atomic mass is 16.5. The van der Waals surface area contributed by atoms with E-state index in [-0.39, 0.29) is 17.7 Å². The van der Waals surface area contributed by atoms with Crippen LogP contribution in [-0.4, -0.2) is 44.5 Å². The lowest BCUT2D eigenvalue weighted by molar-refractivity contribution is -0.0245. The van der Waals surface area contributed by atoms with E-state index in [9.17, 15) is 4.79 Å². The number of tetrazole rings is 1. The Morgan fingerprint density at radius 1 is 1.31 bits per heavy atom. The highest BCUT2D eigenvalue weighted by Gasteiger charge is 2.41. The minimum Gasteiger partial charge on any atom is -0.373 e. The first-order valence-corrected chi connectivity index (χ1v) is 9.19. The summed E-state index contributed by atoms with van der Waals surface area (Å²) >= 11 is 0. The second kappa shape index (κ2) is 7.03. The van der Waals surface area contributed by atoms with Crippen LogP contribution in [-0.2, 0) is 4.74 Å². The first kappa shape index (κ1) is 17.0. The average Bonchev–Trinajstić information content (AvgIpc) is 3.29. The molecule has 1 unspecified atom stereocenters. The number of aryl methyl sites for hydroxylation is 1. The number of benzene rings is 1. The summed E-state index contributed by atoms with van der Waals surface area (Å²) < 4.78 is 7.62. The van der Waals surface area contributed by atoms with Gasteiger partial charge in [-0.05, 0) is 54.3 Å². The molecule has 1 saturated carbocycles. The van der Waals surface area contributed by atoms with Gasteiger partial charge >= 0.3 is 6.03 Å². The Bertz CT molecular complexity index is 770. The molecule has 1 spiro atoms. The van der Waals surface area contributed by atoms with Crippen LogP contribution in [0.15, 0.2) is 24.5 Å². The number of hydrogen-bond acceptors (Lipinski definition) is 5. The summed E-state index contributed by atoms with van der Waals surface area (Å²) in [6, 6.07) is 5.56. The molecule has 2 heterocycles. The highest BCUT2D eigenvalue weighted by molar-refractivity contribution is 5.90. The van der Waals surface area contributed by atoms with Crippen LogP contribution in [0.25, 0.3) is 5.69 Å². The van der Waals surface area contributed by atoms with Crippen molar-refractivity contribution in [3.8, 4) is 5.69 Å². The zero-order valence-corrected chi connectivity index (χ0v) is 14.9. The summed E-state index contributed by atoms with van der Waals surface area (Å²) in [6.07, 6.45) is 8.39. The fourth-order valence-corrected chi connectivity index (χ4v) is 3.99. The quantitative estimate of drug-likeness (QED) is 0.881. The molecule has 4 rings (SSSR count). The predicted molar refractivity (Wildman–Crippen MR) is 96.2 cm³/mol. The molecule has 1 atom stereocenters. The minimum atomic E-state index is -0.205. The Labute approximate surface area is 152 Å². The number of anilines is 1. The fraction of sp³-hybridized carbons (Fsp3) is 0.556. The van der Waals surface area contributed by atoms with Crippen molar-refractivity contribution >= 4 is 11.7 Å². The molecular formula is C18H24N6O2. The van der Waals surface area contributed by atoms with Gasteiger partial charge in [-0.2, -0.15) is 0 Å². The maximum atomic E-state index is 12.5. The van der Waals surface area contributed by atoms with E-state index in [1.165, 1.54) is 25.6 Å². The van der Waals surface area contributed by atoms with Crippen LogP contribution >= 0.6 is 0 Å². The smallest absolute Gasteiger partial charge is 0.319 e. The SMILES string of the molecule is Cc1ccc(-n2cnnn2)cc1NC(=O)NC1COC2(CCCCC2)C1. The van der Waals surface area contributed by atoms with E-state index in [0.29, 0.717) is 6.61 Å². The van der Waals surface area contributed by atoms with Crippen molar-refractivity contribution in [3.63, 3.8) is 0 Å². The molecule has 1 aromatic carbocycles. The van der Waals surface area contributed by atoms with Gasteiger partial charge in [0.25, 0.3) is 0 Å². The van der Waals surface area contributed by atoms with Gasteiger partial charge in [-0.15, -0.1) is 5.10 Å². The minimum absolute atomic E-state index is 0.00782. The maximum absolute atomic E-state index is 12.5. The Hall–Kier alpha value is -2.48. The van der Waals surface area contributed by atoms with Crippen molar-refractivity contribution in [3.05, 3.63) is 30.1 Å². The van der Waals surface area contributed by atoms with Crippen LogP contribution in [0.2, 0.25) is 0 Å². The van der Waals surface area contributed by atoms with E-state index < -0.39 is 0 Å². The molecule has 1 aliphatic carbocycles. The number of ether oxygens (including phenoxy) is 1. The standard InChI is InChI=1S/C18H24N6O2/c1-13-5-6-15(24-12-19-22-23-24)9-16(13)21-17(25)20-14-10-18(26-11-14)7-3-2-4-8-18/h5-6,9,12,14H,2-4,7-8,10-11H2,1H3,(H2,20,21,25). The molecule has 1 aliphatic heterocycles. The topological polar surface area (TPSA) is 94.0 Å². The van der Waals surface area contributed by atoms with Gasteiger partial charge in [0.05, 0.1) is 23.9 Å². The third-order valence-electron chi connectivity index (χ3n) is 5.39. The van der Waals surface area contributed by atoms with Crippen LogP contribution in [0.1, 0.15) is 44.1 Å². The number of amides is 2. The van der Waals surface area contributed by atoms with Gasteiger partial charge in [0.2, 0.25) is 0 Å². The predicted octanol–water partition coefficient (Wildman–Crippen LogP) is 2.58. The van der Waals surface area contributed by atoms with Crippen molar-refractivity contribution in [1.29, 1.82) is 0 Å². The zero-order chi connectivity index (χ0) is 18.0. The van der Waals surface area contributed by atoms with Crippen molar-refractivity contribution in [2.24, 2.45) is 0 Å². The summed E-state index contributed by atoms with van der Waals surface area (Å²) in [4.78, 5) is 12.5. The van der Waals surface area contributed by atoms with Crippen molar-refractivity contribution in [2.45, 2.75) is 57.1 Å². The van der Waals surface area contributed by atoms with Crippen molar-refractivity contribution in [1.82, 2.24) is 25.5 Å². The van der Waals surface area contributed by atoms with Gasteiger partial charge in [0, 0.05) is 5.69 Å². The molecule has 0 bridgehead atoms. The van der Waals surface area contributed by atoms with Crippen LogP contribution < -0.4 is 10.6 Å². The maximum Gasteiger partial charge on any atom is 0.319 e. The summed E-state index contributed by atoms with van der Waals surface area (Å²) in [5.74, 6) is 0. The number of carbonyl (C=O) groups excluding carboxylic acids is 1. The summed E-state index contributed by atoms with van der Waals surface area (Å²) in [5, 5.41) is 17.2. The average molecular weight is 356 g/mol. The van der Waals surface area contributed by atoms with Crippen LogP contribution in [0.4, 0.5) is 10.5 Å². The first-order chi connectivity index (χ1) is 12.6. The molecule has 8 nitrogen and oxygen atoms in total. The first-order valence-electron chi connectivity index (χ1n) is 9.19. The molecule has 26 heavy (non-hydrogen) atoms.